The molecule has 6 nitrogen and oxygen atoms in total. The van der Waals surface area contributed by atoms with Crippen molar-refractivity contribution >= 4 is 17.9 Å². The Bertz CT molecular complexity index is 613. The molecule has 0 N–H and O–H groups in total. The molecule has 0 aliphatic carbocycles. The number of thioether (sulfide) groups is 1. The third-order valence-corrected chi connectivity index (χ3v) is 5.46. The van der Waals surface area contributed by atoms with Crippen LogP contribution in [0.5, 0.6) is 11.5 Å². The second kappa shape index (κ2) is 7.11. The maximum atomic E-state index is 11.2. The van der Waals surface area contributed by atoms with Crippen LogP contribution < -0.4 is 9.47 Å². The summed E-state index contributed by atoms with van der Waals surface area (Å²) in [4.78, 5) is 14.6. The van der Waals surface area contributed by atoms with Gasteiger partial charge in [-0.3, -0.25) is 4.90 Å². The highest BCUT2D eigenvalue weighted by Gasteiger charge is 2.44. The van der Waals surface area contributed by atoms with Crippen LogP contribution >= 0.6 is 11.8 Å². The molecule has 2 aliphatic rings. The van der Waals surface area contributed by atoms with Crippen molar-refractivity contribution in [2.24, 2.45) is 0 Å². The molecule has 2 fully saturated rings. The fourth-order valence-corrected chi connectivity index (χ4v) is 3.82. The SMILES string of the molecule is COc1cc(SC)c(OC)cc1CN1CCC2(CC1)COC(=O)O2. The molecule has 2 saturated heterocycles. The van der Waals surface area contributed by atoms with Crippen molar-refractivity contribution in [2.45, 2.75) is 29.9 Å². The summed E-state index contributed by atoms with van der Waals surface area (Å²) >= 11 is 1.64. The molecular formula is C17H23NO5S. The first-order valence-electron chi connectivity index (χ1n) is 7.96. The van der Waals surface area contributed by atoms with Crippen LogP contribution in [-0.4, -0.2) is 56.8 Å². The molecule has 1 aromatic carbocycles. The highest BCUT2D eigenvalue weighted by molar-refractivity contribution is 7.98. The summed E-state index contributed by atoms with van der Waals surface area (Å²) in [6, 6.07) is 4.07. The van der Waals surface area contributed by atoms with Gasteiger partial charge in [-0.25, -0.2) is 4.79 Å². The lowest BCUT2D eigenvalue weighted by Gasteiger charge is -2.36. The fourth-order valence-electron chi connectivity index (χ4n) is 3.25. The summed E-state index contributed by atoms with van der Waals surface area (Å²) in [6.45, 7) is 2.86. The fraction of sp³-hybridized carbons (Fsp3) is 0.588. The third kappa shape index (κ3) is 3.42. The number of nitrogens with zero attached hydrogens (tertiary/aromatic N) is 1. The number of hydrogen-bond acceptors (Lipinski definition) is 7. The Morgan fingerprint density at radius 3 is 2.46 bits per heavy atom. The maximum absolute atomic E-state index is 11.2. The molecule has 0 unspecified atom stereocenters. The van der Waals surface area contributed by atoms with Gasteiger partial charge in [0.15, 0.2) is 5.60 Å². The minimum Gasteiger partial charge on any atom is -0.496 e. The number of hydrogen-bond donors (Lipinski definition) is 0. The van der Waals surface area contributed by atoms with Gasteiger partial charge in [-0.1, -0.05) is 0 Å². The summed E-state index contributed by atoms with van der Waals surface area (Å²) < 4.78 is 21.4. The quantitative estimate of drug-likeness (QED) is 0.596. The van der Waals surface area contributed by atoms with Crippen molar-refractivity contribution in [1.29, 1.82) is 0 Å². The van der Waals surface area contributed by atoms with Gasteiger partial charge in [0.2, 0.25) is 0 Å². The van der Waals surface area contributed by atoms with Crippen molar-refractivity contribution in [1.82, 2.24) is 4.90 Å². The van der Waals surface area contributed by atoms with Gasteiger partial charge in [0.25, 0.3) is 0 Å². The van der Waals surface area contributed by atoms with Crippen molar-refractivity contribution in [2.75, 3.05) is 40.2 Å². The first kappa shape index (κ1) is 17.2. The zero-order valence-corrected chi connectivity index (χ0v) is 15.1. The number of cyclic esters (lactones) is 1. The van der Waals surface area contributed by atoms with Crippen molar-refractivity contribution in [3.63, 3.8) is 0 Å². The maximum Gasteiger partial charge on any atom is 0.509 e. The van der Waals surface area contributed by atoms with Gasteiger partial charge >= 0.3 is 6.16 Å². The second-order valence-electron chi connectivity index (χ2n) is 6.12. The van der Waals surface area contributed by atoms with E-state index in [9.17, 15) is 4.79 Å². The Morgan fingerprint density at radius 1 is 1.21 bits per heavy atom. The van der Waals surface area contributed by atoms with Crippen LogP contribution in [0.15, 0.2) is 17.0 Å². The predicted octanol–water partition coefficient (Wildman–Crippen LogP) is 2.93. The highest BCUT2D eigenvalue weighted by Crippen LogP contribution is 2.37. The standard InChI is InChI=1S/C17H23NO5S/c1-20-13-9-15(24-3)14(21-2)8-12(13)10-18-6-4-17(5-7-18)11-22-16(19)23-17/h8-9H,4-7,10-11H2,1-3H3. The molecule has 0 aromatic heterocycles. The van der Waals surface area contributed by atoms with Crippen LogP contribution in [0.3, 0.4) is 0 Å². The molecule has 7 heteroatoms. The van der Waals surface area contributed by atoms with Crippen molar-refractivity contribution < 1.29 is 23.7 Å². The third-order valence-electron chi connectivity index (χ3n) is 4.70. The van der Waals surface area contributed by atoms with Gasteiger partial charge in [-0.05, 0) is 18.4 Å². The van der Waals surface area contributed by atoms with E-state index in [4.69, 9.17) is 18.9 Å². The Hall–Kier alpha value is -1.60. The van der Waals surface area contributed by atoms with E-state index in [-0.39, 0.29) is 0 Å². The lowest BCUT2D eigenvalue weighted by Crippen LogP contribution is -2.45. The zero-order chi connectivity index (χ0) is 17.2. The van der Waals surface area contributed by atoms with Gasteiger partial charge < -0.3 is 18.9 Å². The van der Waals surface area contributed by atoms with E-state index in [0.29, 0.717) is 6.61 Å². The van der Waals surface area contributed by atoms with Crippen LogP contribution in [0.1, 0.15) is 18.4 Å². The van der Waals surface area contributed by atoms with Crippen molar-refractivity contribution in [3.05, 3.63) is 17.7 Å². The van der Waals surface area contributed by atoms with Gasteiger partial charge in [-0.2, -0.15) is 0 Å². The van der Waals surface area contributed by atoms with Gasteiger partial charge in [0, 0.05) is 38.0 Å². The zero-order valence-electron chi connectivity index (χ0n) is 14.3. The molecule has 2 aliphatic heterocycles. The molecule has 3 rings (SSSR count). The van der Waals surface area contributed by atoms with Gasteiger partial charge in [0.05, 0.1) is 19.1 Å². The predicted molar refractivity (Wildman–Crippen MR) is 91.0 cm³/mol. The lowest BCUT2D eigenvalue weighted by molar-refractivity contribution is -0.00177. The van der Waals surface area contributed by atoms with E-state index in [0.717, 1.165) is 54.4 Å². The number of methoxy groups -OCH3 is 2. The molecule has 0 saturated carbocycles. The topological polar surface area (TPSA) is 57.2 Å². The normalized spacial score (nSPS) is 19.9. The number of carbonyl (C=O) groups is 1. The Kier molecular flexibility index (Phi) is 5.10. The number of ether oxygens (including phenoxy) is 4. The first-order chi connectivity index (χ1) is 11.6. The van der Waals surface area contributed by atoms with E-state index < -0.39 is 11.8 Å². The molecule has 0 atom stereocenters. The highest BCUT2D eigenvalue weighted by atomic mass is 32.2. The average molecular weight is 353 g/mol. The largest absolute Gasteiger partial charge is 0.509 e. The number of benzene rings is 1. The van der Waals surface area contributed by atoms with Crippen LogP contribution in [0.2, 0.25) is 0 Å². The van der Waals surface area contributed by atoms with E-state index >= 15 is 0 Å². The minimum atomic E-state index is -0.539. The molecule has 132 valence electrons. The Balaban J connectivity index is 1.69. The molecule has 2 heterocycles. The molecule has 0 amide bonds. The van der Waals surface area contributed by atoms with E-state index in [1.807, 2.05) is 18.4 Å². The summed E-state index contributed by atoms with van der Waals surface area (Å²) in [7, 11) is 3.38. The summed E-state index contributed by atoms with van der Waals surface area (Å²) in [5, 5.41) is 0. The van der Waals surface area contributed by atoms with Crippen molar-refractivity contribution in [3.8, 4) is 11.5 Å². The Labute approximate surface area is 146 Å². The molecule has 1 spiro atoms. The summed E-state index contributed by atoms with van der Waals surface area (Å²) in [5.41, 5.74) is 0.681. The number of carbonyl (C=O) groups excluding carboxylic acids is 1. The second-order valence-corrected chi connectivity index (χ2v) is 6.97. The Morgan fingerprint density at radius 2 is 1.92 bits per heavy atom. The van der Waals surface area contributed by atoms with Gasteiger partial charge in [-0.15, -0.1) is 11.8 Å². The number of likely N-dealkylation sites (tertiary alicyclic amines) is 1. The number of rotatable bonds is 5. The lowest BCUT2D eigenvalue weighted by atomic mass is 9.92. The molecule has 0 radical (unpaired) electrons. The van der Waals surface area contributed by atoms with Crippen LogP contribution in [0.4, 0.5) is 4.79 Å². The minimum absolute atomic E-state index is 0.374. The van der Waals surface area contributed by atoms with E-state index in [1.165, 1.54) is 0 Å². The first-order valence-corrected chi connectivity index (χ1v) is 9.18. The van der Waals surface area contributed by atoms with Gasteiger partial charge in [0.1, 0.15) is 18.1 Å². The molecule has 0 bridgehead atoms. The van der Waals surface area contributed by atoms with Crippen LogP contribution in [0.25, 0.3) is 0 Å². The monoisotopic (exact) mass is 353 g/mol. The summed E-state index contributed by atoms with van der Waals surface area (Å²) in [5.74, 6) is 1.74. The van der Waals surface area contributed by atoms with E-state index in [1.54, 1.807) is 26.0 Å². The molecule has 1 aromatic rings. The van der Waals surface area contributed by atoms with Crippen LogP contribution in [-0.2, 0) is 16.0 Å². The molecular weight excluding hydrogens is 330 g/mol. The van der Waals surface area contributed by atoms with Crippen LogP contribution in [0, 0.1) is 0 Å². The average Bonchev–Trinajstić information content (AvgIpc) is 2.97. The smallest absolute Gasteiger partial charge is 0.496 e. The van der Waals surface area contributed by atoms with E-state index in [2.05, 4.69) is 4.90 Å². The summed E-state index contributed by atoms with van der Waals surface area (Å²) in [6.07, 6.45) is 3.07. The number of piperidine rings is 1. The molecule has 24 heavy (non-hydrogen) atoms.